The van der Waals surface area contributed by atoms with Crippen molar-refractivity contribution in [2.75, 3.05) is 6.16 Å². The molecule has 1 aliphatic carbocycles. The molecular weight excluding hydrogens is 393 g/mol. The number of carbonyl (C=O) groups is 2. The van der Waals surface area contributed by atoms with Crippen LogP contribution in [0.2, 0.25) is 0 Å². The standard InChI is InChI=1S/C21H32NO6P/c1-15(17-10-6-3-7-11-17)12-18(14-29(26,27)28)20(23)22-19(21(24)25)13-16-8-4-2-5-9-16/h3,6-7,10-11,15-16,18-19H,2,4-5,8-9,12-14H2,1H3,(H,22,23)(H,24,25)(H2,26,27,28)/t15-,18?,19-/m0/s1. The molecule has 1 aliphatic rings. The molecule has 29 heavy (non-hydrogen) atoms. The van der Waals surface area contributed by atoms with Gasteiger partial charge >= 0.3 is 13.6 Å². The summed E-state index contributed by atoms with van der Waals surface area (Å²) in [7, 11) is -4.43. The molecule has 8 heteroatoms. The highest BCUT2D eigenvalue weighted by atomic mass is 31.2. The van der Waals surface area contributed by atoms with E-state index in [4.69, 9.17) is 0 Å². The number of benzene rings is 1. The summed E-state index contributed by atoms with van der Waals surface area (Å²) in [6.07, 6.45) is 5.21. The molecule has 1 unspecified atom stereocenters. The first kappa shape index (κ1) is 23.6. The van der Waals surface area contributed by atoms with Crippen LogP contribution in [0.1, 0.15) is 63.4 Å². The van der Waals surface area contributed by atoms with Gasteiger partial charge in [0.25, 0.3) is 0 Å². The second kappa shape index (κ2) is 10.9. The summed E-state index contributed by atoms with van der Waals surface area (Å²) in [4.78, 5) is 43.4. The summed E-state index contributed by atoms with van der Waals surface area (Å²) in [6, 6.07) is 8.39. The van der Waals surface area contributed by atoms with Gasteiger partial charge in [0.15, 0.2) is 0 Å². The van der Waals surface area contributed by atoms with E-state index in [0.29, 0.717) is 6.42 Å². The summed E-state index contributed by atoms with van der Waals surface area (Å²) < 4.78 is 11.6. The van der Waals surface area contributed by atoms with Crippen molar-refractivity contribution in [2.24, 2.45) is 11.8 Å². The molecule has 0 spiro atoms. The zero-order valence-corrected chi connectivity index (χ0v) is 17.8. The lowest BCUT2D eigenvalue weighted by atomic mass is 9.84. The monoisotopic (exact) mass is 425 g/mol. The van der Waals surface area contributed by atoms with Crippen molar-refractivity contribution in [1.82, 2.24) is 5.32 Å². The van der Waals surface area contributed by atoms with Crippen LogP contribution in [-0.4, -0.2) is 39.0 Å². The number of amides is 1. The molecule has 0 heterocycles. The minimum absolute atomic E-state index is 0.0971. The van der Waals surface area contributed by atoms with Gasteiger partial charge in [0.05, 0.1) is 6.16 Å². The van der Waals surface area contributed by atoms with Crippen LogP contribution < -0.4 is 5.32 Å². The van der Waals surface area contributed by atoms with E-state index in [0.717, 1.165) is 37.7 Å². The zero-order chi connectivity index (χ0) is 21.4. The Bertz CT molecular complexity index is 713. The van der Waals surface area contributed by atoms with Gasteiger partial charge in [-0.15, -0.1) is 0 Å². The van der Waals surface area contributed by atoms with Crippen LogP contribution in [0.15, 0.2) is 30.3 Å². The molecule has 1 saturated carbocycles. The number of nitrogens with one attached hydrogen (secondary N) is 1. The summed E-state index contributed by atoms with van der Waals surface area (Å²) in [6.45, 7) is 1.89. The maximum absolute atomic E-state index is 12.8. The number of hydrogen-bond acceptors (Lipinski definition) is 3. The SMILES string of the molecule is C[C@@H](CC(CP(=O)(O)O)C(=O)N[C@@H](CC1CCCCC1)C(=O)O)c1ccccc1. The smallest absolute Gasteiger partial charge is 0.326 e. The normalized spacial score (nSPS) is 18.6. The predicted octanol–water partition coefficient (Wildman–Crippen LogP) is 3.51. The molecule has 0 saturated heterocycles. The third-order valence-corrected chi connectivity index (χ3v) is 6.66. The average Bonchev–Trinajstić information content (AvgIpc) is 2.67. The molecule has 1 amide bonds. The third-order valence-electron chi connectivity index (χ3n) is 5.74. The quantitative estimate of drug-likeness (QED) is 0.425. The van der Waals surface area contributed by atoms with E-state index in [9.17, 15) is 29.0 Å². The lowest BCUT2D eigenvalue weighted by Crippen LogP contribution is -2.45. The molecular formula is C21H32NO6P. The molecule has 3 atom stereocenters. The second-order valence-electron chi connectivity index (χ2n) is 8.23. The average molecular weight is 425 g/mol. The van der Waals surface area contributed by atoms with Gasteiger partial charge in [-0.1, -0.05) is 69.4 Å². The third kappa shape index (κ3) is 8.29. The van der Waals surface area contributed by atoms with Crippen molar-refractivity contribution in [3.8, 4) is 0 Å². The van der Waals surface area contributed by atoms with Crippen molar-refractivity contribution in [1.29, 1.82) is 0 Å². The van der Waals surface area contributed by atoms with Crippen LogP contribution in [0.3, 0.4) is 0 Å². The van der Waals surface area contributed by atoms with E-state index in [-0.39, 0.29) is 18.3 Å². The molecule has 0 radical (unpaired) electrons. The Morgan fingerprint density at radius 2 is 1.76 bits per heavy atom. The molecule has 2 rings (SSSR count). The first-order valence-electron chi connectivity index (χ1n) is 10.3. The zero-order valence-electron chi connectivity index (χ0n) is 16.9. The lowest BCUT2D eigenvalue weighted by molar-refractivity contribution is -0.143. The van der Waals surface area contributed by atoms with Gasteiger partial charge < -0.3 is 20.2 Å². The van der Waals surface area contributed by atoms with E-state index >= 15 is 0 Å². The summed E-state index contributed by atoms with van der Waals surface area (Å²) >= 11 is 0. The van der Waals surface area contributed by atoms with Crippen LogP contribution in [-0.2, 0) is 14.2 Å². The number of carbonyl (C=O) groups excluding carboxylic acids is 1. The van der Waals surface area contributed by atoms with Crippen molar-refractivity contribution in [3.05, 3.63) is 35.9 Å². The number of carboxylic acid groups (broad SMARTS) is 1. The number of hydrogen-bond donors (Lipinski definition) is 4. The topological polar surface area (TPSA) is 124 Å². The van der Waals surface area contributed by atoms with Crippen LogP contribution >= 0.6 is 7.60 Å². The molecule has 1 aromatic carbocycles. The molecule has 7 nitrogen and oxygen atoms in total. The van der Waals surface area contributed by atoms with E-state index in [1.165, 1.54) is 0 Å². The van der Waals surface area contributed by atoms with Crippen LogP contribution in [0.5, 0.6) is 0 Å². The molecule has 162 valence electrons. The van der Waals surface area contributed by atoms with Gasteiger partial charge in [-0.3, -0.25) is 9.36 Å². The summed E-state index contributed by atoms with van der Waals surface area (Å²) in [5.74, 6) is -2.50. The van der Waals surface area contributed by atoms with Crippen LogP contribution in [0, 0.1) is 11.8 Å². The molecule has 1 fully saturated rings. The van der Waals surface area contributed by atoms with E-state index in [1.807, 2.05) is 37.3 Å². The Hall–Kier alpha value is -1.69. The maximum Gasteiger partial charge on any atom is 0.326 e. The van der Waals surface area contributed by atoms with Gasteiger partial charge in [-0.2, -0.15) is 0 Å². The van der Waals surface area contributed by atoms with Gasteiger partial charge in [-0.05, 0) is 30.2 Å². The maximum atomic E-state index is 12.8. The van der Waals surface area contributed by atoms with Crippen LogP contribution in [0.4, 0.5) is 0 Å². The predicted molar refractivity (Wildman–Crippen MR) is 111 cm³/mol. The van der Waals surface area contributed by atoms with Crippen LogP contribution in [0.25, 0.3) is 0 Å². The van der Waals surface area contributed by atoms with Gasteiger partial charge in [-0.25, -0.2) is 4.79 Å². The highest BCUT2D eigenvalue weighted by molar-refractivity contribution is 7.51. The highest BCUT2D eigenvalue weighted by Gasteiger charge is 2.33. The van der Waals surface area contributed by atoms with Gasteiger partial charge in [0.1, 0.15) is 6.04 Å². The van der Waals surface area contributed by atoms with Crippen molar-refractivity contribution >= 4 is 19.5 Å². The fourth-order valence-corrected chi connectivity index (χ4v) is 5.05. The molecule has 1 aromatic rings. The molecule has 0 aliphatic heterocycles. The summed E-state index contributed by atoms with van der Waals surface area (Å²) in [5.41, 5.74) is 0.966. The van der Waals surface area contributed by atoms with Gasteiger partial charge in [0.2, 0.25) is 5.91 Å². The number of aliphatic carboxylic acids is 1. The first-order valence-corrected chi connectivity index (χ1v) is 12.1. The van der Waals surface area contributed by atoms with Crippen molar-refractivity contribution in [3.63, 3.8) is 0 Å². The first-order chi connectivity index (χ1) is 13.7. The highest BCUT2D eigenvalue weighted by Crippen LogP contribution is 2.39. The Labute approximate surface area is 172 Å². The Morgan fingerprint density at radius 3 is 2.31 bits per heavy atom. The Morgan fingerprint density at radius 1 is 1.14 bits per heavy atom. The van der Waals surface area contributed by atoms with E-state index < -0.39 is 37.6 Å². The largest absolute Gasteiger partial charge is 0.480 e. The van der Waals surface area contributed by atoms with Crippen molar-refractivity contribution in [2.45, 2.75) is 63.8 Å². The van der Waals surface area contributed by atoms with E-state index in [1.54, 1.807) is 0 Å². The fourth-order valence-electron chi connectivity index (χ4n) is 4.16. The number of carboxylic acids is 1. The molecule has 0 bridgehead atoms. The minimum Gasteiger partial charge on any atom is -0.480 e. The molecule has 0 aromatic heterocycles. The minimum atomic E-state index is -4.43. The number of rotatable bonds is 10. The second-order valence-corrected chi connectivity index (χ2v) is 9.93. The molecule has 4 N–H and O–H groups in total. The Kier molecular flexibility index (Phi) is 8.87. The lowest BCUT2D eigenvalue weighted by Gasteiger charge is -2.27. The van der Waals surface area contributed by atoms with Crippen molar-refractivity contribution < 1.29 is 29.0 Å². The fraction of sp³-hybridized carbons (Fsp3) is 0.619. The van der Waals surface area contributed by atoms with Gasteiger partial charge in [0, 0.05) is 5.92 Å². The van der Waals surface area contributed by atoms with E-state index in [2.05, 4.69) is 5.32 Å². The Balaban J connectivity index is 2.07. The summed E-state index contributed by atoms with van der Waals surface area (Å²) in [5, 5.41) is 12.1.